The third kappa shape index (κ3) is 2.91. The van der Waals surface area contributed by atoms with Gasteiger partial charge in [-0.1, -0.05) is 13.8 Å². The molecule has 2 aromatic heterocycles. The Morgan fingerprint density at radius 2 is 2.22 bits per heavy atom. The first kappa shape index (κ1) is 13.1. The van der Waals surface area contributed by atoms with Crippen LogP contribution in [-0.4, -0.2) is 11.5 Å². The Hall–Kier alpha value is -1.33. The molecule has 2 aromatic rings. The molecule has 0 fully saturated rings. The molecule has 3 N–H and O–H groups in total. The first-order valence-electron chi connectivity index (χ1n) is 5.97. The van der Waals surface area contributed by atoms with Crippen LogP contribution in [0.1, 0.15) is 30.2 Å². The largest absolute Gasteiger partial charge is 0.466 e. The van der Waals surface area contributed by atoms with Crippen molar-refractivity contribution in [3.05, 3.63) is 34.7 Å². The van der Waals surface area contributed by atoms with Crippen LogP contribution in [0.15, 0.2) is 22.7 Å². The smallest absolute Gasteiger partial charge is 0.182 e. The predicted molar refractivity (Wildman–Crippen MR) is 75.0 cm³/mol. The number of hydrogen-bond donors (Lipinski definition) is 2. The lowest BCUT2D eigenvalue weighted by Crippen LogP contribution is -2.27. The standard InChI is InChI=1S/C13H19N3OS/c1-9-4-5-11(17-9)13(2,3)8-16-12-15-7-10(6-14)18-12/h4-5,7H,6,8,14H2,1-3H3,(H,15,16). The van der Waals surface area contributed by atoms with Gasteiger partial charge in [-0.05, 0) is 19.1 Å². The minimum Gasteiger partial charge on any atom is -0.466 e. The average Bonchev–Trinajstić information content (AvgIpc) is 2.95. The van der Waals surface area contributed by atoms with Crippen molar-refractivity contribution in [2.45, 2.75) is 32.7 Å². The third-order valence-corrected chi connectivity index (χ3v) is 3.82. The number of rotatable bonds is 5. The highest BCUT2D eigenvalue weighted by Crippen LogP contribution is 2.26. The fraction of sp³-hybridized carbons (Fsp3) is 0.462. The summed E-state index contributed by atoms with van der Waals surface area (Å²) in [7, 11) is 0. The second-order valence-corrected chi connectivity index (χ2v) is 6.10. The molecule has 98 valence electrons. The van der Waals surface area contributed by atoms with E-state index >= 15 is 0 Å². The van der Waals surface area contributed by atoms with Gasteiger partial charge in [0.05, 0.1) is 0 Å². The molecule has 18 heavy (non-hydrogen) atoms. The molecular weight excluding hydrogens is 246 g/mol. The van der Waals surface area contributed by atoms with Gasteiger partial charge in [-0.25, -0.2) is 4.98 Å². The SMILES string of the molecule is Cc1ccc(C(C)(C)CNc2ncc(CN)s2)o1. The molecule has 4 nitrogen and oxygen atoms in total. The van der Waals surface area contributed by atoms with Crippen molar-refractivity contribution in [2.24, 2.45) is 5.73 Å². The summed E-state index contributed by atoms with van der Waals surface area (Å²) in [4.78, 5) is 5.37. The Labute approximate surface area is 111 Å². The first-order valence-corrected chi connectivity index (χ1v) is 6.78. The molecule has 0 aliphatic rings. The van der Waals surface area contributed by atoms with E-state index in [-0.39, 0.29) is 5.41 Å². The predicted octanol–water partition coefficient (Wildman–Crippen LogP) is 2.89. The summed E-state index contributed by atoms with van der Waals surface area (Å²) >= 11 is 1.60. The summed E-state index contributed by atoms with van der Waals surface area (Å²) in [6, 6.07) is 4.02. The van der Waals surface area contributed by atoms with Gasteiger partial charge in [-0.2, -0.15) is 0 Å². The number of anilines is 1. The topological polar surface area (TPSA) is 64.1 Å². The van der Waals surface area contributed by atoms with Gasteiger partial charge in [0, 0.05) is 29.6 Å². The van der Waals surface area contributed by atoms with E-state index in [1.165, 1.54) is 0 Å². The Morgan fingerprint density at radius 1 is 1.44 bits per heavy atom. The highest BCUT2D eigenvalue weighted by atomic mass is 32.1. The van der Waals surface area contributed by atoms with Crippen molar-refractivity contribution < 1.29 is 4.42 Å². The maximum atomic E-state index is 5.69. The van der Waals surface area contributed by atoms with Gasteiger partial charge in [0.1, 0.15) is 11.5 Å². The zero-order chi connectivity index (χ0) is 13.2. The van der Waals surface area contributed by atoms with Crippen LogP contribution in [0.25, 0.3) is 0 Å². The van der Waals surface area contributed by atoms with Gasteiger partial charge in [0.15, 0.2) is 5.13 Å². The van der Waals surface area contributed by atoms with E-state index in [2.05, 4.69) is 24.1 Å². The molecule has 0 unspecified atom stereocenters. The number of hydrogen-bond acceptors (Lipinski definition) is 5. The fourth-order valence-electron chi connectivity index (χ4n) is 1.67. The lowest BCUT2D eigenvalue weighted by Gasteiger charge is -2.22. The van der Waals surface area contributed by atoms with E-state index in [9.17, 15) is 0 Å². The van der Waals surface area contributed by atoms with Crippen molar-refractivity contribution in [1.29, 1.82) is 0 Å². The summed E-state index contributed by atoms with van der Waals surface area (Å²) in [6.45, 7) is 7.57. The van der Waals surface area contributed by atoms with Gasteiger partial charge in [-0.3, -0.25) is 0 Å². The van der Waals surface area contributed by atoms with Crippen LogP contribution in [0, 0.1) is 6.92 Å². The second kappa shape index (κ2) is 5.12. The normalized spacial score (nSPS) is 11.8. The van der Waals surface area contributed by atoms with E-state index in [0.717, 1.165) is 28.1 Å². The van der Waals surface area contributed by atoms with Crippen LogP contribution < -0.4 is 11.1 Å². The molecule has 0 saturated carbocycles. The molecule has 0 amide bonds. The minimum atomic E-state index is -0.0667. The van der Waals surface area contributed by atoms with E-state index in [1.54, 1.807) is 11.3 Å². The second-order valence-electron chi connectivity index (χ2n) is 4.98. The molecule has 0 atom stereocenters. The number of aromatic nitrogens is 1. The van der Waals surface area contributed by atoms with Crippen LogP contribution in [0.5, 0.6) is 0 Å². The quantitative estimate of drug-likeness (QED) is 0.872. The van der Waals surface area contributed by atoms with Crippen molar-refractivity contribution >= 4 is 16.5 Å². The molecule has 0 aromatic carbocycles. The zero-order valence-corrected chi connectivity index (χ0v) is 11.8. The van der Waals surface area contributed by atoms with Crippen LogP contribution >= 0.6 is 11.3 Å². The summed E-state index contributed by atoms with van der Waals surface area (Å²) in [6.07, 6.45) is 1.82. The number of nitrogens with two attached hydrogens (primary N) is 1. The van der Waals surface area contributed by atoms with Crippen LogP contribution in [0.4, 0.5) is 5.13 Å². The molecule has 0 aliphatic carbocycles. The van der Waals surface area contributed by atoms with Crippen molar-refractivity contribution in [3.63, 3.8) is 0 Å². The molecule has 0 radical (unpaired) electrons. The van der Waals surface area contributed by atoms with Crippen LogP contribution in [0.3, 0.4) is 0 Å². The lowest BCUT2D eigenvalue weighted by atomic mass is 9.90. The number of nitrogens with one attached hydrogen (secondary N) is 1. The van der Waals surface area contributed by atoms with Crippen molar-refractivity contribution in [1.82, 2.24) is 4.98 Å². The van der Waals surface area contributed by atoms with Crippen molar-refractivity contribution in [2.75, 3.05) is 11.9 Å². The Balaban J connectivity index is 2.00. The summed E-state index contributed by atoms with van der Waals surface area (Å²) in [5.41, 5.74) is 5.50. The number of aryl methyl sites for hydroxylation is 1. The maximum Gasteiger partial charge on any atom is 0.182 e. The molecule has 0 spiro atoms. The molecule has 0 aliphatic heterocycles. The van der Waals surface area contributed by atoms with Crippen LogP contribution in [0.2, 0.25) is 0 Å². The lowest BCUT2D eigenvalue weighted by molar-refractivity contribution is 0.386. The van der Waals surface area contributed by atoms with Crippen molar-refractivity contribution in [3.8, 4) is 0 Å². The van der Waals surface area contributed by atoms with Gasteiger partial charge in [0.2, 0.25) is 0 Å². The van der Waals surface area contributed by atoms with Gasteiger partial charge >= 0.3 is 0 Å². The molecule has 2 rings (SSSR count). The van der Waals surface area contributed by atoms with E-state index in [0.29, 0.717) is 6.54 Å². The number of furan rings is 1. The number of thiazole rings is 1. The van der Waals surface area contributed by atoms with E-state index in [4.69, 9.17) is 10.2 Å². The van der Waals surface area contributed by atoms with Gasteiger partial charge < -0.3 is 15.5 Å². The summed E-state index contributed by atoms with van der Waals surface area (Å²) in [5.74, 6) is 1.93. The molecular formula is C13H19N3OS. The van der Waals surface area contributed by atoms with Gasteiger partial charge in [0.25, 0.3) is 0 Å². The van der Waals surface area contributed by atoms with Gasteiger partial charge in [-0.15, -0.1) is 11.3 Å². The molecule has 0 saturated heterocycles. The Kier molecular flexibility index (Phi) is 3.73. The maximum absolute atomic E-state index is 5.69. The molecule has 5 heteroatoms. The average molecular weight is 265 g/mol. The summed E-state index contributed by atoms with van der Waals surface area (Å²) < 4.78 is 5.69. The highest BCUT2D eigenvalue weighted by molar-refractivity contribution is 7.15. The zero-order valence-electron chi connectivity index (χ0n) is 11.0. The summed E-state index contributed by atoms with van der Waals surface area (Å²) in [5, 5.41) is 4.25. The van der Waals surface area contributed by atoms with Crippen LogP contribution in [-0.2, 0) is 12.0 Å². The fourth-order valence-corrected chi connectivity index (χ4v) is 2.35. The third-order valence-electron chi connectivity index (χ3n) is 2.84. The Morgan fingerprint density at radius 3 is 2.78 bits per heavy atom. The highest BCUT2D eigenvalue weighted by Gasteiger charge is 2.24. The van der Waals surface area contributed by atoms with E-state index in [1.807, 2.05) is 25.3 Å². The monoisotopic (exact) mass is 265 g/mol. The van der Waals surface area contributed by atoms with E-state index < -0.39 is 0 Å². The minimum absolute atomic E-state index is 0.0667. The Bertz CT molecular complexity index is 516. The number of nitrogens with zero attached hydrogens (tertiary/aromatic N) is 1. The molecule has 0 bridgehead atoms. The molecule has 2 heterocycles. The first-order chi connectivity index (χ1) is 8.51.